The van der Waals surface area contributed by atoms with Gasteiger partial charge < -0.3 is 8.83 Å². The van der Waals surface area contributed by atoms with E-state index in [1.165, 1.54) is 0 Å². The molecular weight excluding hydrogens is 687 g/mol. The number of benzene rings is 8. The summed E-state index contributed by atoms with van der Waals surface area (Å²) in [7, 11) is 0. The highest BCUT2D eigenvalue weighted by Gasteiger charge is 2.19. The van der Waals surface area contributed by atoms with E-state index in [0.717, 1.165) is 93.9 Å². The van der Waals surface area contributed by atoms with Crippen molar-refractivity contribution in [3.8, 4) is 67.5 Å². The Morgan fingerprint density at radius 3 is 1.43 bits per heavy atom. The predicted molar refractivity (Wildman–Crippen MR) is 227 cm³/mol. The molecule has 0 amide bonds. The third-order valence-corrected chi connectivity index (χ3v) is 10.6. The Morgan fingerprint density at radius 2 is 0.768 bits per heavy atom. The number of fused-ring (bicyclic) bond motifs is 6. The molecule has 0 N–H and O–H groups in total. The van der Waals surface area contributed by atoms with Crippen LogP contribution in [0.3, 0.4) is 0 Å². The number of nitrogens with zero attached hydrogens (tertiary/aromatic N) is 3. The normalized spacial score (nSPS) is 11.6. The standard InChI is InChI=1S/C51H31N3O2/c1-3-11-32(12-4-1)34-21-25-36(26-22-34)49-52-50(37-27-23-35(24-28-37)33-13-5-2-6-14-33)54-51(53-49)38-29-30-39-41-17-9-18-42(48(41)56-46(39)31-38)40-16-10-20-45-47(40)43-15-7-8-19-44(43)55-45/h1-31H. The minimum atomic E-state index is 0.571. The van der Waals surface area contributed by atoms with Gasteiger partial charge in [0.05, 0.1) is 0 Å². The maximum atomic E-state index is 6.78. The van der Waals surface area contributed by atoms with Crippen LogP contribution >= 0.6 is 0 Å². The Labute approximate surface area is 322 Å². The van der Waals surface area contributed by atoms with Crippen LogP contribution in [0.5, 0.6) is 0 Å². The zero-order valence-corrected chi connectivity index (χ0v) is 30.1. The van der Waals surface area contributed by atoms with E-state index in [1.807, 2.05) is 42.5 Å². The summed E-state index contributed by atoms with van der Waals surface area (Å²) >= 11 is 0. The van der Waals surface area contributed by atoms with Gasteiger partial charge in [-0.05, 0) is 52.1 Å². The average molecular weight is 718 g/mol. The van der Waals surface area contributed by atoms with E-state index < -0.39 is 0 Å². The van der Waals surface area contributed by atoms with Crippen LogP contribution in [0.2, 0.25) is 0 Å². The molecule has 56 heavy (non-hydrogen) atoms. The van der Waals surface area contributed by atoms with Crippen molar-refractivity contribution in [3.05, 3.63) is 188 Å². The lowest BCUT2D eigenvalue weighted by atomic mass is 9.97. The number of para-hydroxylation sites is 2. The molecule has 11 rings (SSSR count). The summed E-state index contributed by atoms with van der Waals surface area (Å²) in [4.78, 5) is 15.2. The van der Waals surface area contributed by atoms with Gasteiger partial charge in [0.25, 0.3) is 0 Å². The number of furan rings is 2. The molecule has 11 aromatic rings. The first-order valence-corrected chi connectivity index (χ1v) is 18.7. The molecule has 0 radical (unpaired) electrons. The van der Waals surface area contributed by atoms with Crippen molar-refractivity contribution < 1.29 is 8.83 Å². The molecule has 0 aliphatic carbocycles. The summed E-state index contributed by atoms with van der Waals surface area (Å²) in [5, 5.41) is 4.23. The van der Waals surface area contributed by atoms with Crippen LogP contribution in [0.4, 0.5) is 0 Å². The van der Waals surface area contributed by atoms with E-state index in [2.05, 4.69) is 146 Å². The number of hydrogen-bond donors (Lipinski definition) is 0. The third-order valence-electron chi connectivity index (χ3n) is 10.6. The fourth-order valence-corrected chi connectivity index (χ4v) is 7.80. The fourth-order valence-electron chi connectivity index (χ4n) is 7.80. The van der Waals surface area contributed by atoms with E-state index in [0.29, 0.717) is 17.5 Å². The summed E-state index contributed by atoms with van der Waals surface area (Å²) in [6, 6.07) is 64.5. The van der Waals surface area contributed by atoms with E-state index in [4.69, 9.17) is 23.8 Å². The van der Waals surface area contributed by atoms with Crippen LogP contribution in [-0.2, 0) is 0 Å². The monoisotopic (exact) mass is 717 g/mol. The zero-order valence-electron chi connectivity index (χ0n) is 30.1. The topological polar surface area (TPSA) is 65.0 Å². The van der Waals surface area contributed by atoms with Gasteiger partial charge in [-0.2, -0.15) is 0 Å². The molecule has 8 aromatic carbocycles. The molecule has 5 heteroatoms. The van der Waals surface area contributed by atoms with Crippen molar-refractivity contribution in [3.63, 3.8) is 0 Å². The lowest BCUT2D eigenvalue weighted by Gasteiger charge is -2.10. The molecule has 0 aliphatic rings. The highest BCUT2D eigenvalue weighted by Crippen LogP contribution is 2.42. The molecule has 3 aromatic heterocycles. The highest BCUT2D eigenvalue weighted by molar-refractivity contribution is 6.17. The van der Waals surface area contributed by atoms with Crippen molar-refractivity contribution in [1.29, 1.82) is 0 Å². The number of hydrogen-bond acceptors (Lipinski definition) is 5. The fraction of sp³-hybridized carbons (Fsp3) is 0. The minimum absolute atomic E-state index is 0.571. The van der Waals surface area contributed by atoms with Crippen LogP contribution in [-0.4, -0.2) is 15.0 Å². The molecule has 0 fully saturated rings. The van der Waals surface area contributed by atoms with Gasteiger partial charge in [-0.25, -0.2) is 15.0 Å². The molecule has 0 saturated carbocycles. The molecule has 0 bridgehead atoms. The van der Waals surface area contributed by atoms with Crippen molar-refractivity contribution in [2.75, 3.05) is 0 Å². The molecular formula is C51H31N3O2. The smallest absolute Gasteiger partial charge is 0.164 e. The van der Waals surface area contributed by atoms with Gasteiger partial charge in [-0.15, -0.1) is 0 Å². The lowest BCUT2D eigenvalue weighted by molar-refractivity contribution is 0.668. The Hall–Kier alpha value is -7.63. The second-order valence-electron chi connectivity index (χ2n) is 14.0. The number of aromatic nitrogens is 3. The molecule has 5 nitrogen and oxygen atoms in total. The molecule has 0 unspecified atom stereocenters. The first kappa shape index (κ1) is 31.9. The van der Waals surface area contributed by atoms with Gasteiger partial charge >= 0.3 is 0 Å². The molecule has 3 heterocycles. The van der Waals surface area contributed by atoms with Gasteiger partial charge in [-0.1, -0.05) is 164 Å². The van der Waals surface area contributed by atoms with Gasteiger partial charge in [0, 0.05) is 43.8 Å². The van der Waals surface area contributed by atoms with Crippen LogP contribution in [0, 0.1) is 0 Å². The summed E-state index contributed by atoms with van der Waals surface area (Å²) < 4.78 is 13.0. The molecule has 0 spiro atoms. The quantitative estimate of drug-likeness (QED) is 0.171. The summed E-state index contributed by atoms with van der Waals surface area (Å²) in [5.74, 6) is 1.77. The van der Waals surface area contributed by atoms with Crippen molar-refractivity contribution in [2.24, 2.45) is 0 Å². The van der Waals surface area contributed by atoms with Crippen LogP contribution in [0.15, 0.2) is 197 Å². The molecule has 0 aliphatic heterocycles. The van der Waals surface area contributed by atoms with Gasteiger partial charge in [0.15, 0.2) is 17.5 Å². The Morgan fingerprint density at radius 1 is 0.286 bits per heavy atom. The summed E-state index contributed by atoms with van der Waals surface area (Å²) in [6.45, 7) is 0. The predicted octanol–water partition coefficient (Wildman–Crippen LogP) is 13.7. The Bertz CT molecular complexity index is 3120. The lowest BCUT2D eigenvalue weighted by Crippen LogP contribution is -2.00. The van der Waals surface area contributed by atoms with E-state index in [-0.39, 0.29) is 0 Å². The largest absolute Gasteiger partial charge is 0.456 e. The summed E-state index contributed by atoms with van der Waals surface area (Å²) in [5.41, 5.74) is 12.6. The molecule has 0 atom stereocenters. The van der Waals surface area contributed by atoms with Crippen molar-refractivity contribution in [1.82, 2.24) is 15.0 Å². The first-order valence-electron chi connectivity index (χ1n) is 18.7. The SMILES string of the molecule is c1ccc(-c2ccc(-c3nc(-c4ccc(-c5ccccc5)cc4)nc(-c4ccc5c(c4)oc4c(-c6cccc7oc8ccccc8c67)cccc45)n3)cc2)cc1. The minimum Gasteiger partial charge on any atom is -0.456 e. The molecule has 0 saturated heterocycles. The maximum Gasteiger partial charge on any atom is 0.164 e. The highest BCUT2D eigenvalue weighted by atomic mass is 16.3. The van der Waals surface area contributed by atoms with Crippen molar-refractivity contribution in [2.45, 2.75) is 0 Å². The average Bonchev–Trinajstić information content (AvgIpc) is 3.85. The second kappa shape index (κ2) is 13.0. The zero-order chi connectivity index (χ0) is 37.0. The first-order chi connectivity index (χ1) is 27.7. The van der Waals surface area contributed by atoms with Crippen LogP contribution in [0.25, 0.3) is 111 Å². The van der Waals surface area contributed by atoms with E-state index in [1.54, 1.807) is 0 Å². The van der Waals surface area contributed by atoms with E-state index >= 15 is 0 Å². The second-order valence-corrected chi connectivity index (χ2v) is 14.0. The number of rotatable bonds is 6. The van der Waals surface area contributed by atoms with Gasteiger partial charge in [-0.3, -0.25) is 0 Å². The van der Waals surface area contributed by atoms with Crippen molar-refractivity contribution >= 4 is 43.9 Å². The Balaban J connectivity index is 1.04. The molecule has 262 valence electrons. The van der Waals surface area contributed by atoms with Crippen LogP contribution in [0.1, 0.15) is 0 Å². The summed E-state index contributed by atoms with van der Waals surface area (Å²) in [6.07, 6.45) is 0. The van der Waals surface area contributed by atoms with E-state index in [9.17, 15) is 0 Å². The van der Waals surface area contributed by atoms with Gasteiger partial charge in [0.2, 0.25) is 0 Å². The van der Waals surface area contributed by atoms with Gasteiger partial charge in [0.1, 0.15) is 22.3 Å². The Kier molecular flexibility index (Phi) is 7.42. The van der Waals surface area contributed by atoms with Crippen LogP contribution < -0.4 is 0 Å². The maximum absolute atomic E-state index is 6.78. The third kappa shape index (κ3) is 5.45.